The van der Waals surface area contributed by atoms with Crippen LogP contribution in [-0.4, -0.2) is 18.1 Å². The topological polar surface area (TPSA) is 37.4 Å². The van der Waals surface area contributed by atoms with Gasteiger partial charge in [-0.15, -0.1) is 11.8 Å². The van der Waals surface area contributed by atoms with E-state index in [2.05, 4.69) is 0 Å². The summed E-state index contributed by atoms with van der Waals surface area (Å²) >= 11 is 1.51. The van der Waals surface area contributed by atoms with E-state index in [1.165, 1.54) is 28.8 Å². The smallest absolute Gasteiger partial charge is 0.274 e. The molecule has 2 aromatic rings. The van der Waals surface area contributed by atoms with Crippen molar-refractivity contribution in [3.63, 3.8) is 0 Å². The van der Waals surface area contributed by atoms with Crippen LogP contribution >= 0.6 is 11.8 Å². The van der Waals surface area contributed by atoms with Crippen LogP contribution in [0.2, 0.25) is 0 Å². The Morgan fingerprint density at radius 1 is 1.00 bits per heavy atom. The van der Waals surface area contributed by atoms with E-state index in [9.17, 15) is 22.8 Å². The van der Waals surface area contributed by atoms with Crippen molar-refractivity contribution in [2.24, 2.45) is 0 Å². The Balaban J connectivity index is 1.80. The van der Waals surface area contributed by atoms with Gasteiger partial charge >= 0.3 is 6.18 Å². The van der Waals surface area contributed by atoms with Crippen LogP contribution < -0.4 is 4.90 Å². The van der Waals surface area contributed by atoms with Gasteiger partial charge in [-0.3, -0.25) is 14.5 Å². The van der Waals surface area contributed by atoms with Gasteiger partial charge in [-0.25, -0.2) is 0 Å². The zero-order chi connectivity index (χ0) is 18.9. The molecule has 1 heterocycles. The molecule has 0 spiro atoms. The van der Waals surface area contributed by atoms with Crippen LogP contribution in [0.4, 0.5) is 18.9 Å². The van der Waals surface area contributed by atoms with Crippen molar-refractivity contribution in [2.75, 3.05) is 11.2 Å². The Morgan fingerprint density at radius 3 is 2.15 bits per heavy atom. The molecule has 1 fully saturated rings. The minimum atomic E-state index is -4.41. The van der Waals surface area contributed by atoms with Gasteiger partial charge in [0, 0.05) is 23.7 Å². The van der Waals surface area contributed by atoms with Gasteiger partial charge in [-0.2, -0.15) is 13.2 Å². The van der Waals surface area contributed by atoms with Crippen LogP contribution in [0.25, 0.3) is 0 Å². The number of anilines is 1. The molecule has 0 unspecified atom stereocenters. The number of carbonyl (C=O) groups excluding carboxylic acids is 2. The first kappa shape index (κ1) is 18.5. The third kappa shape index (κ3) is 3.77. The number of benzene rings is 2. The summed E-state index contributed by atoms with van der Waals surface area (Å²) < 4.78 is 38.0. The van der Waals surface area contributed by atoms with E-state index in [0.29, 0.717) is 11.3 Å². The molecule has 1 aliphatic heterocycles. The van der Waals surface area contributed by atoms with Crippen molar-refractivity contribution < 1.29 is 22.8 Å². The van der Waals surface area contributed by atoms with Gasteiger partial charge in [-0.05, 0) is 42.2 Å². The molecule has 0 bridgehead atoms. The van der Waals surface area contributed by atoms with Crippen LogP contribution in [0.15, 0.2) is 53.4 Å². The maximum absolute atomic E-state index is 12.7. The molecule has 0 aromatic heterocycles. The standard InChI is InChI=1S/C19H16F3NO2S/c1-26-16-4-2-3-15(11-16)23-17(24)9-13(10-18(23)25)12-5-7-14(8-6-12)19(20,21)22/h2-8,11,13H,9-10H2,1H3. The summed E-state index contributed by atoms with van der Waals surface area (Å²) in [4.78, 5) is 27.2. The number of rotatable bonds is 3. The van der Waals surface area contributed by atoms with Gasteiger partial charge in [0.2, 0.25) is 11.8 Å². The van der Waals surface area contributed by atoms with Gasteiger partial charge in [0.1, 0.15) is 0 Å². The number of amides is 2. The third-order valence-corrected chi connectivity index (χ3v) is 5.09. The molecule has 0 N–H and O–H groups in total. The summed E-state index contributed by atoms with van der Waals surface area (Å²) in [5.74, 6) is -1.09. The SMILES string of the molecule is CSc1cccc(N2C(=O)CC(c3ccc(C(F)(F)F)cc3)CC2=O)c1. The summed E-state index contributed by atoms with van der Waals surface area (Å²) in [5, 5.41) is 0. The van der Waals surface area contributed by atoms with Crippen molar-refractivity contribution in [1.82, 2.24) is 0 Å². The summed E-state index contributed by atoms with van der Waals surface area (Å²) in [7, 11) is 0. The molecule has 0 radical (unpaired) electrons. The highest BCUT2D eigenvalue weighted by atomic mass is 32.2. The van der Waals surface area contributed by atoms with Crippen molar-refractivity contribution in [3.8, 4) is 0 Å². The van der Waals surface area contributed by atoms with Crippen LogP contribution in [0.3, 0.4) is 0 Å². The predicted octanol–water partition coefficient (Wildman–Crippen LogP) is 4.86. The van der Waals surface area contributed by atoms with Crippen molar-refractivity contribution >= 4 is 29.3 Å². The molecule has 0 atom stereocenters. The first-order valence-corrected chi connectivity index (χ1v) is 9.19. The van der Waals surface area contributed by atoms with Gasteiger partial charge in [-0.1, -0.05) is 18.2 Å². The Hall–Kier alpha value is -2.28. The van der Waals surface area contributed by atoms with Crippen molar-refractivity contribution in [3.05, 3.63) is 59.7 Å². The third-order valence-electron chi connectivity index (χ3n) is 4.36. The highest BCUT2D eigenvalue weighted by molar-refractivity contribution is 7.98. The van der Waals surface area contributed by atoms with E-state index in [-0.39, 0.29) is 24.7 Å². The lowest BCUT2D eigenvalue weighted by atomic mass is 9.88. The molecule has 2 aromatic carbocycles. The van der Waals surface area contributed by atoms with E-state index >= 15 is 0 Å². The molecule has 1 saturated heterocycles. The lowest BCUT2D eigenvalue weighted by Crippen LogP contribution is -2.42. The highest BCUT2D eigenvalue weighted by Crippen LogP contribution is 2.35. The zero-order valence-corrected chi connectivity index (χ0v) is 14.7. The molecule has 1 aliphatic rings. The van der Waals surface area contributed by atoms with E-state index < -0.39 is 17.7 Å². The molecule has 7 heteroatoms. The van der Waals surface area contributed by atoms with Crippen molar-refractivity contribution in [2.45, 2.75) is 29.8 Å². The monoisotopic (exact) mass is 379 g/mol. The molecule has 3 rings (SSSR count). The highest BCUT2D eigenvalue weighted by Gasteiger charge is 2.35. The summed E-state index contributed by atoms with van der Waals surface area (Å²) in [5.41, 5.74) is 0.347. The van der Waals surface area contributed by atoms with Gasteiger partial charge in [0.15, 0.2) is 0 Å². The fourth-order valence-corrected chi connectivity index (χ4v) is 3.49. The molecular formula is C19H16F3NO2S. The second-order valence-electron chi connectivity index (χ2n) is 6.05. The molecular weight excluding hydrogens is 363 g/mol. The zero-order valence-electron chi connectivity index (χ0n) is 13.9. The number of hydrogen-bond donors (Lipinski definition) is 0. The fourth-order valence-electron chi connectivity index (χ4n) is 3.03. The first-order chi connectivity index (χ1) is 12.3. The van der Waals surface area contributed by atoms with Gasteiger partial charge < -0.3 is 0 Å². The largest absolute Gasteiger partial charge is 0.416 e. The van der Waals surface area contributed by atoms with Crippen LogP contribution in [-0.2, 0) is 15.8 Å². The predicted molar refractivity (Wildman–Crippen MR) is 94.1 cm³/mol. The number of imide groups is 1. The molecule has 0 saturated carbocycles. The lowest BCUT2D eigenvalue weighted by molar-refractivity contribution is -0.137. The minimum absolute atomic E-state index is 0.0839. The maximum Gasteiger partial charge on any atom is 0.416 e. The normalized spacial score (nSPS) is 16.2. The second-order valence-corrected chi connectivity index (χ2v) is 6.93. The molecule has 3 nitrogen and oxygen atoms in total. The van der Waals surface area contributed by atoms with E-state index in [1.807, 2.05) is 12.3 Å². The lowest BCUT2D eigenvalue weighted by Gasteiger charge is -2.30. The Labute approximate surface area is 153 Å². The maximum atomic E-state index is 12.7. The number of carbonyl (C=O) groups is 2. The summed E-state index contributed by atoms with van der Waals surface area (Å²) in [6.45, 7) is 0. The van der Waals surface area contributed by atoms with Gasteiger partial charge in [0.25, 0.3) is 0 Å². The molecule has 26 heavy (non-hydrogen) atoms. The average molecular weight is 379 g/mol. The number of hydrogen-bond acceptors (Lipinski definition) is 3. The summed E-state index contributed by atoms with van der Waals surface area (Å²) in [6.07, 6.45) is -2.34. The summed E-state index contributed by atoms with van der Waals surface area (Å²) in [6, 6.07) is 11.8. The minimum Gasteiger partial charge on any atom is -0.274 e. The Bertz CT molecular complexity index is 815. The van der Waals surface area contributed by atoms with Crippen LogP contribution in [0.1, 0.15) is 29.9 Å². The Kier molecular flexibility index (Phi) is 5.09. The van der Waals surface area contributed by atoms with Gasteiger partial charge in [0.05, 0.1) is 11.3 Å². The molecule has 2 amide bonds. The number of thioether (sulfide) groups is 1. The molecule has 0 aliphatic carbocycles. The first-order valence-electron chi connectivity index (χ1n) is 7.96. The average Bonchev–Trinajstić information content (AvgIpc) is 2.60. The number of alkyl halides is 3. The van der Waals surface area contributed by atoms with Crippen molar-refractivity contribution in [1.29, 1.82) is 0 Å². The molecule has 136 valence electrons. The van der Waals surface area contributed by atoms with E-state index in [0.717, 1.165) is 17.0 Å². The number of halogens is 3. The Morgan fingerprint density at radius 2 is 1.62 bits per heavy atom. The van der Waals surface area contributed by atoms with Crippen LogP contribution in [0.5, 0.6) is 0 Å². The quantitative estimate of drug-likeness (QED) is 0.564. The fraction of sp³-hybridized carbons (Fsp3) is 0.263. The van der Waals surface area contributed by atoms with E-state index in [1.54, 1.807) is 18.2 Å². The number of piperidine rings is 1. The number of nitrogens with zero attached hydrogens (tertiary/aromatic N) is 1. The second kappa shape index (κ2) is 7.15. The van der Waals surface area contributed by atoms with Crippen LogP contribution in [0, 0.1) is 0 Å². The van der Waals surface area contributed by atoms with E-state index in [4.69, 9.17) is 0 Å².